The highest BCUT2D eigenvalue weighted by Crippen LogP contribution is 2.29. The van der Waals surface area contributed by atoms with Crippen LogP contribution in [0.1, 0.15) is 37.9 Å². The van der Waals surface area contributed by atoms with Crippen LogP contribution in [0.2, 0.25) is 0 Å². The van der Waals surface area contributed by atoms with E-state index >= 15 is 0 Å². The van der Waals surface area contributed by atoms with Gasteiger partial charge in [0, 0.05) is 50.8 Å². The molecule has 2 aliphatic rings. The van der Waals surface area contributed by atoms with Crippen LogP contribution in [0.25, 0.3) is 0 Å². The summed E-state index contributed by atoms with van der Waals surface area (Å²) in [7, 11) is 0. The van der Waals surface area contributed by atoms with Crippen molar-refractivity contribution >= 4 is 11.8 Å². The Bertz CT molecular complexity index is 953. The fourth-order valence-corrected chi connectivity index (χ4v) is 4.88. The van der Waals surface area contributed by atoms with Crippen LogP contribution < -0.4 is 10.2 Å². The van der Waals surface area contributed by atoms with Crippen LogP contribution in [0.4, 0.5) is 23.8 Å². The van der Waals surface area contributed by atoms with Crippen LogP contribution in [0.3, 0.4) is 0 Å². The van der Waals surface area contributed by atoms with E-state index in [1.54, 1.807) is 9.80 Å². The topological polar surface area (TPSA) is 64.6 Å². The molecule has 0 spiro atoms. The van der Waals surface area contributed by atoms with Gasteiger partial charge in [0.25, 0.3) is 0 Å². The number of rotatable bonds is 4. The second-order valence-electron chi connectivity index (χ2n) is 9.26. The summed E-state index contributed by atoms with van der Waals surface area (Å²) in [5.41, 5.74) is 0.278. The number of likely N-dealkylation sites (tertiary alicyclic amines) is 1. The maximum absolute atomic E-state index is 13.1. The number of anilines is 1. The van der Waals surface area contributed by atoms with Gasteiger partial charge in [-0.1, -0.05) is 30.3 Å². The summed E-state index contributed by atoms with van der Waals surface area (Å²) in [4.78, 5) is 26.5. The number of halogens is 3. The van der Waals surface area contributed by atoms with Crippen LogP contribution >= 0.6 is 0 Å². The molecule has 4 rings (SSSR count). The van der Waals surface area contributed by atoms with E-state index in [1.807, 2.05) is 32.0 Å². The molecule has 2 amide bonds. The van der Waals surface area contributed by atoms with Gasteiger partial charge in [0.05, 0.1) is 12.4 Å². The van der Waals surface area contributed by atoms with Crippen molar-refractivity contribution in [3.05, 3.63) is 54.0 Å². The summed E-state index contributed by atoms with van der Waals surface area (Å²) in [6.45, 7) is 7.36. The number of aromatic nitrogens is 2. The van der Waals surface area contributed by atoms with Crippen molar-refractivity contribution in [3.8, 4) is 0 Å². The minimum Gasteiger partial charge on any atom is -0.351 e. The fraction of sp³-hybridized carbons (Fsp3) is 0.542. The van der Waals surface area contributed by atoms with E-state index in [2.05, 4.69) is 32.3 Å². The zero-order chi connectivity index (χ0) is 24.3. The normalized spacial score (nSPS) is 22.6. The quantitative estimate of drug-likeness (QED) is 0.728. The molecule has 2 aliphatic heterocycles. The van der Waals surface area contributed by atoms with Gasteiger partial charge in [0.2, 0.25) is 0 Å². The van der Waals surface area contributed by atoms with Gasteiger partial charge in [0.1, 0.15) is 5.82 Å². The molecule has 1 aromatic carbocycles. The van der Waals surface area contributed by atoms with Gasteiger partial charge >= 0.3 is 12.2 Å². The van der Waals surface area contributed by atoms with Gasteiger partial charge in [-0.05, 0) is 32.3 Å². The number of alkyl halides is 3. The molecular formula is C24H31F3N6O. The van der Waals surface area contributed by atoms with E-state index in [1.165, 1.54) is 11.8 Å². The summed E-state index contributed by atoms with van der Waals surface area (Å²) < 4.78 is 39.1. The smallest absolute Gasteiger partial charge is 0.351 e. The zero-order valence-corrected chi connectivity index (χ0v) is 19.5. The van der Waals surface area contributed by atoms with Gasteiger partial charge in [0.15, 0.2) is 5.69 Å². The lowest BCUT2D eigenvalue weighted by molar-refractivity contribution is -0.141. The molecule has 34 heavy (non-hydrogen) atoms. The maximum Gasteiger partial charge on any atom is 0.434 e. The fourth-order valence-electron chi connectivity index (χ4n) is 4.88. The molecule has 3 heterocycles. The number of carbonyl (C=O) groups excluding carboxylic acids is 1. The molecule has 7 nitrogen and oxygen atoms in total. The number of urea groups is 1. The third-order valence-corrected chi connectivity index (χ3v) is 6.55. The first-order chi connectivity index (χ1) is 16.2. The number of amides is 2. The molecule has 2 atom stereocenters. The summed E-state index contributed by atoms with van der Waals surface area (Å²) in [6, 6.07) is 10.00. The number of nitrogens with zero attached hydrogens (tertiary/aromatic N) is 5. The molecule has 0 saturated carbocycles. The molecule has 1 aromatic heterocycles. The van der Waals surface area contributed by atoms with Crippen LogP contribution in [-0.2, 0) is 12.7 Å². The summed E-state index contributed by atoms with van der Waals surface area (Å²) >= 11 is 0. The molecule has 0 aliphatic carbocycles. The number of nitrogens with one attached hydrogen (secondary N) is 1. The highest BCUT2D eigenvalue weighted by molar-refractivity contribution is 5.75. The van der Waals surface area contributed by atoms with Crippen molar-refractivity contribution in [2.75, 3.05) is 31.1 Å². The van der Waals surface area contributed by atoms with Crippen molar-refractivity contribution in [2.24, 2.45) is 0 Å². The van der Waals surface area contributed by atoms with Crippen molar-refractivity contribution in [2.45, 2.75) is 57.5 Å². The molecule has 1 N–H and O–H groups in total. The molecule has 2 saturated heterocycles. The largest absolute Gasteiger partial charge is 0.434 e. The number of hydrogen-bond donors (Lipinski definition) is 1. The zero-order valence-electron chi connectivity index (χ0n) is 19.5. The molecule has 0 unspecified atom stereocenters. The van der Waals surface area contributed by atoms with Gasteiger partial charge < -0.3 is 15.1 Å². The standard InChI is InChI=1S/C24H31F3N6O/c1-17-14-32(22-13-28-12-21(30-22)24(25,26)27)15-18(2)33(17)23(34)29-20-8-10-31(11-9-20)16-19-6-4-3-5-7-19/h3-7,12-13,17-18,20H,8-11,14-16H2,1-2H3,(H,29,34)/t17-,18-/m1/s1. The van der Waals surface area contributed by atoms with E-state index in [-0.39, 0.29) is 30.0 Å². The summed E-state index contributed by atoms with van der Waals surface area (Å²) in [5.74, 6) is 0.180. The average Bonchev–Trinajstić information content (AvgIpc) is 2.80. The van der Waals surface area contributed by atoms with E-state index in [0.29, 0.717) is 13.1 Å². The van der Waals surface area contributed by atoms with Gasteiger partial charge in [-0.3, -0.25) is 9.88 Å². The minimum absolute atomic E-state index is 0.115. The molecule has 10 heteroatoms. The second-order valence-corrected chi connectivity index (χ2v) is 9.26. The van der Waals surface area contributed by atoms with Gasteiger partial charge in [-0.25, -0.2) is 9.78 Å². The first-order valence-electron chi connectivity index (χ1n) is 11.7. The third-order valence-electron chi connectivity index (χ3n) is 6.55. The maximum atomic E-state index is 13.1. The SMILES string of the molecule is C[C@@H]1CN(c2cncc(C(F)(F)F)n2)C[C@@H](C)N1C(=O)NC1CCN(Cc2ccccc2)CC1. The molecule has 0 bridgehead atoms. The number of hydrogen-bond acceptors (Lipinski definition) is 5. The van der Waals surface area contributed by atoms with Gasteiger partial charge in [-0.2, -0.15) is 13.2 Å². The van der Waals surface area contributed by atoms with Crippen molar-refractivity contribution < 1.29 is 18.0 Å². The Balaban J connectivity index is 1.30. The van der Waals surface area contributed by atoms with Crippen LogP contribution in [0, 0.1) is 0 Å². The third kappa shape index (κ3) is 5.78. The lowest BCUT2D eigenvalue weighted by atomic mass is 10.0. The summed E-state index contributed by atoms with van der Waals surface area (Å²) in [5, 5.41) is 3.18. The van der Waals surface area contributed by atoms with E-state index in [9.17, 15) is 18.0 Å². The molecule has 184 valence electrons. The Morgan fingerprint density at radius 1 is 1.06 bits per heavy atom. The van der Waals surface area contributed by atoms with Crippen LogP contribution in [-0.4, -0.2) is 70.1 Å². The predicted molar refractivity (Wildman–Crippen MR) is 123 cm³/mol. The van der Waals surface area contributed by atoms with Crippen LogP contribution in [0.15, 0.2) is 42.7 Å². The Hall–Kier alpha value is -2.88. The molecule has 0 radical (unpaired) electrons. The van der Waals surface area contributed by atoms with E-state index in [0.717, 1.165) is 38.7 Å². The Morgan fingerprint density at radius 3 is 2.32 bits per heavy atom. The number of benzene rings is 1. The Labute approximate surface area is 198 Å². The monoisotopic (exact) mass is 476 g/mol. The highest BCUT2D eigenvalue weighted by atomic mass is 19.4. The Morgan fingerprint density at radius 2 is 1.71 bits per heavy atom. The second kappa shape index (κ2) is 10.2. The van der Waals surface area contributed by atoms with Crippen LogP contribution in [0.5, 0.6) is 0 Å². The summed E-state index contributed by atoms with van der Waals surface area (Å²) in [6.07, 6.45) is -0.695. The number of piperazine rings is 1. The predicted octanol–water partition coefficient (Wildman–Crippen LogP) is 3.77. The van der Waals surface area contributed by atoms with Crippen molar-refractivity contribution in [1.82, 2.24) is 25.1 Å². The van der Waals surface area contributed by atoms with Gasteiger partial charge in [-0.15, -0.1) is 0 Å². The van der Waals surface area contributed by atoms with E-state index < -0.39 is 11.9 Å². The molecule has 2 aromatic rings. The highest BCUT2D eigenvalue weighted by Gasteiger charge is 2.37. The molecule has 2 fully saturated rings. The lowest BCUT2D eigenvalue weighted by Gasteiger charge is -2.45. The first kappa shape index (κ1) is 24.3. The van der Waals surface area contributed by atoms with Crippen molar-refractivity contribution in [1.29, 1.82) is 0 Å². The first-order valence-corrected chi connectivity index (χ1v) is 11.7. The Kier molecular flexibility index (Phi) is 7.25. The molecular weight excluding hydrogens is 445 g/mol. The lowest BCUT2D eigenvalue weighted by Crippen LogP contribution is -2.62. The number of piperidine rings is 1. The number of carbonyl (C=O) groups is 1. The minimum atomic E-state index is -4.54. The van der Waals surface area contributed by atoms with Crippen molar-refractivity contribution in [3.63, 3.8) is 0 Å². The average molecular weight is 477 g/mol. The van der Waals surface area contributed by atoms with E-state index in [4.69, 9.17) is 0 Å².